The summed E-state index contributed by atoms with van der Waals surface area (Å²) in [6, 6.07) is 12.2. The Morgan fingerprint density at radius 3 is 2.61 bits per heavy atom. The number of amides is 1. The Labute approximate surface area is 190 Å². The quantitative estimate of drug-likeness (QED) is 0.324. The lowest BCUT2D eigenvalue weighted by Crippen LogP contribution is -2.22. The first kappa shape index (κ1) is 22.4. The van der Waals surface area contributed by atoms with Gasteiger partial charge in [0.05, 0.1) is 16.8 Å². The lowest BCUT2D eigenvalue weighted by molar-refractivity contribution is -0.137. The van der Waals surface area contributed by atoms with E-state index < -0.39 is 17.6 Å². The molecule has 0 radical (unpaired) electrons. The van der Waals surface area contributed by atoms with Crippen molar-refractivity contribution in [1.29, 1.82) is 0 Å². The summed E-state index contributed by atoms with van der Waals surface area (Å²) in [6.45, 7) is 3.92. The lowest BCUT2D eigenvalue weighted by atomic mass is 10.1. The number of hydrogen-bond acceptors (Lipinski definition) is 5. The van der Waals surface area contributed by atoms with Crippen molar-refractivity contribution in [2.24, 2.45) is 0 Å². The Morgan fingerprint density at radius 2 is 1.85 bits per heavy atom. The van der Waals surface area contributed by atoms with Crippen LogP contribution < -0.4 is 5.32 Å². The number of para-hydroxylation sites is 2. The fourth-order valence-electron chi connectivity index (χ4n) is 3.35. The maximum Gasteiger partial charge on any atom is 0.418 e. The number of nitrogens with zero attached hydrogens (tertiary/aromatic N) is 6. The van der Waals surface area contributed by atoms with E-state index in [1.807, 2.05) is 24.3 Å². The predicted octanol–water partition coefficient (Wildman–Crippen LogP) is 4.05. The summed E-state index contributed by atoms with van der Waals surface area (Å²) >= 11 is 5.45. The van der Waals surface area contributed by atoms with Crippen molar-refractivity contribution >= 4 is 34.8 Å². The van der Waals surface area contributed by atoms with Gasteiger partial charge in [0.25, 0.3) is 0 Å². The van der Waals surface area contributed by atoms with Crippen molar-refractivity contribution in [2.75, 3.05) is 5.32 Å². The molecule has 8 nitrogen and oxygen atoms in total. The summed E-state index contributed by atoms with van der Waals surface area (Å²) in [4.78, 5) is 12.5. The molecule has 0 fully saturated rings. The van der Waals surface area contributed by atoms with E-state index in [1.165, 1.54) is 22.9 Å². The number of anilines is 1. The zero-order chi connectivity index (χ0) is 23.6. The van der Waals surface area contributed by atoms with Gasteiger partial charge in [0.1, 0.15) is 18.6 Å². The summed E-state index contributed by atoms with van der Waals surface area (Å²) in [6.07, 6.45) is -2.97. The molecule has 4 rings (SSSR count). The zero-order valence-corrected chi connectivity index (χ0v) is 18.0. The van der Waals surface area contributed by atoms with Crippen molar-refractivity contribution in [3.05, 3.63) is 77.3 Å². The summed E-state index contributed by atoms with van der Waals surface area (Å²) in [5, 5.41) is 15.0. The predicted molar refractivity (Wildman–Crippen MR) is 118 cm³/mol. The first-order valence-corrected chi connectivity index (χ1v) is 10.2. The molecule has 0 saturated heterocycles. The average molecular weight is 473 g/mol. The van der Waals surface area contributed by atoms with E-state index in [9.17, 15) is 18.0 Å². The molecular weight excluding hydrogens is 455 g/mol. The number of carbonyl (C=O) groups is 1. The first-order chi connectivity index (χ1) is 15.8. The minimum absolute atomic E-state index is 0.226. The van der Waals surface area contributed by atoms with Crippen LogP contribution in [0.4, 0.5) is 18.9 Å². The van der Waals surface area contributed by atoms with Crippen LogP contribution >= 0.6 is 12.2 Å². The molecule has 4 aromatic rings. The van der Waals surface area contributed by atoms with E-state index >= 15 is 0 Å². The van der Waals surface area contributed by atoms with Gasteiger partial charge in [0.2, 0.25) is 5.91 Å². The van der Waals surface area contributed by atoms with Crippen LogP contribution in [0.25, 0.3) is 11.0 Å². The Bertz CT molecular complexity index is 1390. The number of halogens is 3. The number of aromatic nitrogens is 6. The molecule has 1 N–H and O–H groups in total. The minimum atomic E-state index is -4.60. The molecule has 2 heterocycles. The smallest absolute Gasteiger partial charge is 0.324 e. The van der Waals surface area contributed by atoms with Crippen molar-refractivity contribution in [3.63, 3.8) is 0 Å². The monoisotopic (exact) mass is 473 g/mol. The third kappa shape index (κ3) is 4.70. The molecule has 0 unspecified atom stereocenters. The second-order valence-corrected chi connectivity index (χ2v) is 7.45. The highest BCUT2D eigenvalue weighted by Crippen LogP contribution is 2.34. The SMILES string of the molecule is C=CCn1c(Cn2nnc3ccccc32)nn(CC(=O)Nc2ccccc2C(F)(F)F)c1=S. The Hall–Kier alpha value is -3.80. The molecule has 170 valence electrons. The molecule has 0 aliphatic rings. The Kier molecular flexibility index (Phi) is 6.09. The first-order valence-electron chi connectivity index (χ1n) is 9.79. The topological polar surface area (TPSA) is 82.6 Å². The van der Waals surface area contributed by atoms with Crippen molar-refractivity contribution < 1.29 is 18.0 Å². The van der Waals surface area contributed by atoms with Crippen LogP contribution in [0, 0.1) is 4.77 Å². The third-order valence-electron chi connectivity index (χ3n) is 4.82. The maximum absolute atomic E-state index is 13.2. The van der Waals surface area contributed by atoms with E-state index in [0.717, 1.165) is 11.6 Å². The lowest BCUT2D eigenvalue weighted by Gasteiger charge is -2.13. The van der Waals surface area contributed by atoms with Gasteiger partial charge in [-0.1, -0.05) is 35.6 Å². The molecule has 0 aliphatic heterocycles. The summed E-state index contributed by atoms with van der Waals surface area (Å²) < 4.78 is 44.4. The number of hydrogen-bond donors (Lipinski definition) is 1. The molecule has 2 aromatic heterocycles. The van der Waals surface area contributed by atoms with Crippen LogP contribution in [-0.2, 0) is 30.6 Å². The van der Waals surface area contributed by atoms with Gasteiger partial charge in [-0.05, 0) is 36.5 Å². The zero-order valence-electron chi connectivity index (χ0n) is 17.2. The number of nitrogens with one attached hydrogen (secondary N) is 1. The van der Waals surface area contributed by atoms with Crippen LogP contribution in [0.3, 0.4) is 0 Å². The van der Waals surface area contributed by atoms with E-state index in [1.54, 1.807) is 15.3 Å². The van der Waals surface area contributed by atoms with Crippen LogP contribution in [0.15, 0.2) is 61.2 Å². The normalized spacial score (nSPS) is 11.6. The molecule has 0 saturated carbocycles. The summed E-state index contributed by atoms with van der Waals surface area (Å²) in [7, 11) is 0. The van der Waals surface area contributed by atoms with Gasteiger partial charge in [-0.15, -0.1) is 11.7 Å². The maximum atomic E-state index is 13.2. The fourth-order valence-corrected chi connectivity index (χ4v) is 3.64. The van der Waals surface area contributed by atoms with E-state index in [0.29, 0.717) is 17.9 Å². The van der Waals surface area contributed by atoms with E-state index in [2.05, 4.69) is 27.3 Å². The van der Waals surface area contributed by atoms with E-state index in [-0.39, 0.29) is 23.5 Å². The summed E-state index contributed by atoms with van der Waals surface area (Å²) in [5.74, 6) is -0.192. The average Bonchev–Trinajstić information content (AvgIpc) is 3.30. The second-order valence-electron chi connectivity index (χ2n) is 7.08. The molecule has 0 atom stereocenters. The van der Waals surface area contributed by atoms with Crippen LogP contribution in [-0.4, -0.2) is 35.2 Å². The Morgan fingerprint density at radius 1 is 1.12 bits per heavy atom. The minimum Gasteiger partial charge on any atom is -0.324 e. The standard InChI is InChI=1S/C21H18F3N7OS/c1-2-11-29-18(12-30-17-10-6-5-9-16(17)26-28-30)27-31(20(29)33)13-19(32)25-15-8-4-3-7-14(15)21(22,23)24/h2-10H,1,11-13H2,(H,25,32). The fraction of sp³-hybridized carbons (Fsp3) is 0.190. The third-order valence-corrected chi connectivity index (χ3v) is 5.25. The van der Waals surface area contributed by atoms with Gasteiger partial charge in [0.15, 0.2) is 10.6 Å². The molecule has 33 heavy (non-hydrogen) atoms. The van der Waals surface area contributed by atoms with Crippen molar-refractivity contribution in [2.45, 2.75) is 25.8 Å². The van der Waals surface area contributed by atoms with Gasteiger partial charge >= 0.3 is 6.18 Å². The molecule has 0 aliphatic carbocycles. The van der Waals surface area contributed by atoms with Crippen molar-refractivity contribution in [1.82, 2.24) is 29.3 Å². The van der Waals surface area contributed by atoms with Gasteiger partial charge in [-0.25, -0.2) is 9.36 Å². The van der Waals surface area contributed by atoms with Crippen LogP contribution in [0.5, 0.6) is 0 Å². The molecule has 0 bridgehead atoms. The summed E-state index contributed by atoms with van der Waals surface area (Å²) in [5.41, 5.74) is 0.248. The highest BCUT2D eigenvalue weighted by atomic mass is 32.1. The number of alkyl halides is 3. The Balaban J connectivity index is 1.60. The number of rotatable bonds is 7. The van der Waals surface area contributed by atoms with Crippen LogP contribution in [0.2, 0.25) is 0 Å². The van der Waals surface area contributed by atoms with Gasteiger partial charge < -0.3 is 5.32 Å². The highest BCUT2D eigenvalue weighted by Gasteiger charge is 2.33. The number of benzene rings is 2. The van der Waals surface area contributed by atoms with Gasteiger partial charge in [-0.2, -0.15) is 18.3 Å². The molecular formula is C21H18F3N7OS. The second kappa shape index (κ2) is 8.98. The molecule has 2 aromatic carbocycles. The number of carbonyl (C=O) groups excluding carboxylic acids is 1. The number of fused-ring (bicyclic) bond motifs is 1. The van der Waals surface area contributed by atoms with E-state index in [4.69, 9.17) is 12.2 Å². The van der Waals surface area contributed by atoms with Crippen LogP contribution in [0.1, 0.15) is 11.4 Å². The molecule has 0 spiro atoms. The molecule has 1 amide bonds. The van der Waals surface area contributed by atoms with Gasteiger partial charge in [0, 0.05) is 6.54 Å². The van der Waals surface area contributed by atoms with Gasteiger partial charge in [-0.3, -0.25) is 9.36 Å². The number of allylic oxidation sites excluding steroid dienone is 1. The molecule has 12 heteroatoms. The highest BCUT2D eigenvalue weighted by molar-refractivity contribution is 7.71. The largest absolute Gasteiger partial charge is 0.418 e. The van der Waals surface area contributed by atoms with Crippen molar-refractivity contribution in [3.8, 4) is 0 Å².